The molecule has 0 radical (unpaired) electrons. The number of hydrogen-bond donors (Lipinski definition) is 0. The third kappa shape index (κ3) is 3.08. The van der Waals surface area contributed by atoms with Gasteiger partial charge in [-0.1, -0.05) is 25.1 Å². The second kappa shape index (κ2) is 6.28. The van der Waals surface area contributed by atoms with E-state index in [4.69, 9.17) is 4.74 Å². The van der Waals surface area contributed by atoms with Crippen molar-refractivity contribution in [3.63, 3.8) is 0 Å². The van der Waals surface area contributed by atoms with E-state index in [0.717, 1.165) is 24.4 Å². The summed E-state index contributed by atoms with van der Waals surface area (Å²) in [6, 6.07) is 16.9. The van der Waals surface area contributed by atoms with E-state index in [1.807, 2.05) is 12.1 Å². The van der Waals surface area contributed by atoms with Crippen LogP contribution in [0.3, 0.4) is 0 Å². The third-order valence-corrected chi connectivity index (χ3v) is 3.34. The number of hydrogen-bond acceptors (Lipinski definition) is 2. The van der Waals surface area contributed by atoms with Crippen LogP contribution in [0.25, 0.3) is 0 Å². The summed E-state index contributed by atoms with van der Waals surface area (Å²) >= 11 is 0. The number of rotatable bonds is 5. The van der Waals surface area contributed by atoms with E-state index in [-0.39, 0.29) is 0 Å². The summed E-state index contributed by atoms with van der Waals surface area (Å²) in [5.74, 6) is 0.890. The number of methoxy groups -OCH3 is 1. The van der Waals surface area contributed by atoms with Gasteiger partial charge in [0, 0.05) is 24.0 Å². The highest BCUT2D eigenvalue weighted by Crippen LogP contribution is 2.28. The van der Waals surface area contributed by atoms with Gasteiger partial charge >= 0.3 is 0 Å². The number of ether oxygens (including phenoxy) is 1. The predicted octanol–water partition coefficient (Wildman–Crippen LogP) is 4.42. The van der Waals surface area contributed by atoms with Gasteiger partial charge in [-0.3, -0.25) is 0 Å². The largest absolute Gasteiger partial charge is 0.497 e. The fraction of sp³-hybridized carbons (Fsp3) is 0.294. The standard InChI is InChI=1S/C17H21NO/c1-4-14-9-11-15(12-10-14)18(5-2)16-7-6-8-17(13-16)19-3/h6-13H,4-5H2,1-3H3. The van der Waals surface area contributed by atoms with Crippen molar-refractivity contribution in [1.82, 2.24) is 0 Å². The number of anilines is 2. The molecule has 2 rings (SSSR count). The van der Waals surface area contributed by atoms with Crippen LogP contribution in [0.1, 0.15) is 19.4 Å². The summed E-state index contributed by atoms with van der Waals surface area (Å²) in [6.45, 7) is 5.26. The molecule has 0 atom stereocenters. The summed E-state index contributed by atoms with van der Waals surface area (Å²) in [6.07, 6.45) is 1.07. The van der Waals surface area contributed by atoms with Gasteiger partial charge in [-0.25, -0.2) is 0 Å². The maximum Gasteiger partial charge on any atom is 0.120 e. The predicted molar refractivity (Wildman–Crippen MR) is 81.5 cm³/mol. The minimum atomic E-state index is 0.890. The van der Waals surface area contributed by atoms with Crippen molar-refractivity contribution in [1.29, 1.82) is 0 Å². The van der Waals surface area contributed by atoms with E-state index in [1.165, 1.54) is 11.3 Å². The van der Waals surface area contributed by atoms with E-state index in [1.54, 1.807) is 7.11 Å². The first-order valence-electron chi connectivity index (χ1n) is 6.79. The average molecular weight is 255 g/mol. The van der Waals surface area contributed by atoms with Crippen molar-refractivity contribution < 1.29 is 4.74 Å². The van der Waals surface area contributed by atoms with Gasteiger partial charge in [0.15, 0.2) is 0 Å². The lowest BCUT2D eigenvalue weighted by molar-refractivity contribution is 0.415. The molecular formula is C17H21NO. The molecule has 0 saturated carbocycles. The van der Waals surface area contributed by atoms with Crippen molar-refractivity contribution in [3.05, 3.63) is 54.1 Å². The second-order valence-electron chi connectivity index (χ2n) is 4.47. The van der Waals surface area contributed by atoms with E-state index in [0.29, 0.717) is 0 Å². The van der Waals surface area contributed by atoms with Gasteiger partial charge < -0.3 is 9.64 Å². The molecule has 2 aromatic rings. The normalized spacial score (nSPS) is 10.3. The van der Waals surface area contributed by atoms with Crippen LogP contribution >= 0.6 is 0 Å². The molecule has 0 saturated heterocycles. The molecule has 0 aliphatic carbocycles. The van der Waals surface area contributed by atoms with E-state index in [2.05, 4.69) is 55.1 Å². The maximum atomic E-state index is 5.30. The van der Waals surface area contributed by atoms with E-state index >= 15 is 0 Å². The molecule has 2 aromatic carbocycles. The molecule has 0 bridgehead atoms. The molecule has 0 heterocycles. The molecule has 0 aliphatic heterocycles. The minimum Gasteiger partial charge on any atom is -0.497 e. The smallest absolute Gasteiger partial charge is 0.120 e. The molecule has 2 nitrogen and oxygen atoms in total. The Morgan fingerprint density at radius 1 is 0.947 bits per heavy atom. The third-order valence-electron chi connectivity index (χ3n) is 3.34. The zero-order valence-electron chi connectivity index (χ0n) is 11.9. The Balaban J connectivity index is 2.31. The van der Waals surface area contributed by atoms with Crippen LogP contribution in [-0.2, 0) is 6.42 Å². The molecule has 0 fully saturated rings. The molecule has 0 amide bonds. The van der Waals surface area contributed by atoms with Gasteiger partial charge in [0.2, 0.25) is 0 Å². The SMILES string of the molecule is CCc1ccc(N(CC)c2cccc(OC)c2)cc1. The fourth-order valence-corrected chi connectivity index (χ4v) is 2.20. The lowest BCUT2D eigenvalue weighted by Gasteiger charge is -2.24. The van der Waals surface area contributed by atoms with E-state index < -0.39 is 0 Å². The number of aryl methyl sites for hydroxylation is 1. The monoisotopic (exact) mass is 255 g/mol. The van der Waals surface area contributed by atoms with Gasteiger partial charge in [-0.05, 0) is 43.2 Å². The average Bonchev–Trinajstić information content (AvgIpc) is 2.49. The zero-order chi connectivity index (χ0) is 13.7. The van der Waals surface area contributed by atoms with Gasteiger partial charge in [-0.2, -0.15) is 0 Å². The van der Waals surface area contributed by atoms with Gasteiger partial charge in [-0.15, -0.1) is 0 Å². The van der Waals surface area contributed by atoms with Crippen LogP contribution in [0, 0.1) is 0 Å². The highest BCUT2D eigenvalue weighted by molar-refractivity contribution is 5.64. The summed E-state index contributed by atoms with van der Waals surface area (Å²) in [7, 11) is 1.70. The second-order valence-corrected chi connectivity index (χ2v) is 4.47. The van der Waals surface area contributed by atoms with Crippen molar-refractivity contribution in [2.45, 2.75) is 20.3 Å². The molecule has 0 unspecified atom stereocenters. The van der Waals surface area contributed by atoms with Crippen molar-refractivity contribution in [2.75, 3.05) is 18.6 Å². The molecule has 0 aromatic heterocycles. The molecule has 2 heteroatoms. The van der Waals surface area contributed by atoms with Crippen molar-refractivity contribution in [3.8, 4) is 5.75 Å². The topological polar surface area (TPSA) is 12.5 Å². The Labute approximate surface area is 115 Å². The van der Waals surface area contributed by atoms with Crippen LogP contribution in [0.2, 0.25) is 0 Å². The van der Waals surface area contributed by atoms with Crippen molar-refractivity contribution in [2.24, 2.45) is 0 Å². The van der Waals surface area contributed by atoms with Crippen LogP contribution in [0.15, 0.2) is 48.5 Å². The summed E-state index contributed by atoms with van der Waals surface area (Å²) in [4.78, 5) is 2.28. The lowest BCUT2D eigenvalue weighted by atomic mass is 10.1. The quantitative estimate of drug-likeness (QED) is 0.784. The van der Waals surface area contributed by atoms with Crippen molar-refractivity contribution >= 4 is 11.4 Å². The highest BCUT2D eigenvalue weighted by Gasteiger charge is 2.07. The fourth-order valence-electron chi connectivity index (χ4n) is 2.20. The van der Waals surface area contributed by atoms with Gasteiger partial charge in [0.25, 0.3) is 0 Å². The van der Waals surface area contributed by atoms with Crippen LogP contribution in [0.5, 0.6) is 5.75 Å². The van der Waals surface area contributed by atoms with Crippen LogP contribution in [0.4, 0.5) is 11.4 Å². The summed E-state index contributed by atoms with van der Waals surface area (Å²) < 4.78 is 5.30. The summed E-state index contributed by atoms with van der Waals surface area (Å²) in [5.41, 5.74) is 3.74. The number of benzene rings is 2. The summed E-state index contributed by atoms with van der Waals surface area (Å²) in [5, 5.41) is 0. The first-order valence-corrected chi connectivity index (χ1v) is 6.79. The maximum absolute atomic E-state index is 5.30. The molecule has 0 N–H and O–H groups in total. The first-order chi connectivity index (χ1) is 9.28. The Morgan fingerprint density at radius 2 is 1.68 bits per heavy atom. The molecule has 19 heavy (non-hydrogen) atoms. The molecule has 100 valence electrons. The molecular weight excluding hydrogens is 234 g/mol. The lowest BCUT2D eigenvalue weighted by Crippen LogP contribution is -2.15. The van der Waals surface area contributed by atoms with Gasteiger partial charge in [0.1, 0.15) is 5.75 Å². The van der Waals surface area contributed by atoms with Crippen LogP contribution < -0.4 is 9.64 Å². The Kier molecular flexibility index (Phi) is 4.45. The van der Waals surface area contributed by atoms with Crippen LogP contribution in [-0.4, -0.2) is 13.7 Å². The Bertz CT molecular complexity index is 519. The highest BCUT2D eigenvalue weighted by atomic mass is 16.5. The number of nitrogens with zero attached hydrogens (tertiary/aromatic N) is 1. The molecule has 0 aliphatic rings. The molecule has 0 spiro atoms. The zero-order valence-corrected chi connectivity index (χ0v) is 11.9. The minimum absolute atomic E-state index is 0.890. The van der Waals surface area contributed by atoms with Gasteiger partial charge in [0.05, 0.1) is 7.11 Å². The van der Waals surface area contributed by atoms with E-state index in [9.17, 15) is 0 Å². The Hall–Kier alpha value is -1.96. The first kappa shape index (κ1) is 13.5. The Morgan fingerprint density at radius 3 is 2.26 bits per heavy atom.